The average molecular weight is 230 g/mol. The summed E-state index contributed by atoms with van der Waals surface area (Å²) in [7, 11) is 0. The fraction of sp³-hybridized carbons (Fsp3) is 0.636. The molecule has 0 amide bonds. The molecule has 0 N–H and O–H groups in total. The third-order valence-corrected chi connectivity index (χ3v) is 1.59. The highest BCUT2D eigenvalue weighted by molar-refractivity contribution is 5.87. The third kappa shape index (κ3) is 7.00. The first-order chi connectivity index (χ1) is 7.47. The number of hydrogen-bond acceptors (Lipinski definition) is 5. The van der Waals surface area contributed by atoms with Gasteiger partial charge in [0.25, 0.3) is 0 Å². The highest BCUT2D eigenvalue weighted by atomic mass is 16.7. The van der Waals surface area contributed by atoms with Crippen molar-refractivity contribution in [3.63, 3.8) is 0 Å². The molecule has 0 aliphatic carbocycles. The van der Waals surface area contributed by atoms with E-state index in [1.165, 1.54) is 6.92 Å². The second-order valence-electron chi connectivity index (χ2n) is 3.18. The number of carbonyl (C=O) groups is 2. The molecule has 0 spiro atoms. The van der Waals surface area contributed by atoms with Crippen LogP contribution in [0.3, 0.4) is 0 Å². The van der Waals surface area contributed by atoms with Gasteiger partial charge in [-0.1, -0.05) is 6.58 Å². The van der Waals surface area contributed by atoms with E-state index in [4.69, 9.17) is 14.2 Å². The van der Waals surface area contributed by atoms with Crippen LogP contribution in [0.5, 0.6) is 0 Å². The van der Waals surface area contributed by atoms with Gasteiger partial charge in [-0.05, 0) is 20.8 Å². The highest BCUT2D eigenvalue weighted by Crippen LogP contribution is 1.98. The normalized spacial score (nSPS) is 11.7. The molecule has 0 aromatic heterocycles. The number of carbonyl (C=O) groups excluding carboxylic acids is 2. The zero-order valence-corrected chi connectivity index (χ0v) is 9.95. The SMILES string of the molecule is C=C(C)C(=O)OCCC(=O)OC(C)OCC. The molecule has 0 fully saturated rings. The summed E-state index contributed by atoms with van der Waals surface area (Å²) in [6.45, 7) is 8.85. The van der Waals surface area contributed by atoms with Crippen LogP contribution in [0.15, 0.2) is 12.2 Å². The molecule has 0 aliphatic rings. The molecule has 0 saturated carbocycles. The van der Waals surface area contributed by atoms with Crippen molar-refractivity contribution in [1.82, 2.24) is 0 Å². The van der Waals surface area contributed by atoms with Gasteiger partial charge in [-0.2, -0.15) is 0 Å². The zero-order chi connectivity index (χ0) is 12.6. The summed E-state index contributed by atoms with van der Waals surface area (Å²) in [6.07, 6.45) is -0.564. The van der Waals surface area contributed by atoms with Gasteiger partial charge in [0.2, 0.25) is 0 Å². The quantitative estimate of drug-likeness (QED) is 0.376. The van der Waals surface area contributed by atoms with Crippen molar-refractivity contribution < 1.29 is 23.8 Å². The molecule has 0 saturated heterocycles. The summed E-state index contributed by atoms with van der Waals surface area (Å²) in [5.74, 6) is -0.971. The van der Waals surface area contributed by atoms with E-state index in [1.807, 2.05) is 0 Å². The minimum absolute atomic E-state index is 0.0104. The lowest BCUT2D eigenvalue weighted by atomic mass is 10.4. The molecule has 0 rings (SSSR count). The topological polar surface area (TPSA) is 61.8 Å². The molecule has 0 aromatic carbocycles. The Balaban J connectivity index is 3.66. The maximum atomic E-state index is 11.2. The molecule has 0 aliphatic heterocycles. The maximum Gasteiger partial charge on any atom is 0.333 e. The van der Waals surface area contributed by atoms with Crippen molar-refractivity contribution >= 4 is 11.9 Å². The van der Waals surface area contributed by atoms with Crippen LogP contribution < -0.4 is 0 Å². The van der Waals surface area contributed by atoms with Gasteiger partial charge in [0, 0.05) is 12.2 Å². The van der Waals surface area contributed by atoms with Crippen LogP contribution in [-0.4, -0.2) is 31.4 Å². The van der Waals surface area contributed by atoms with E-state index in [1.54, 1.807) is 13.8 Å². The molecular formula is C11H18O5. The minimum Gasteiger partial charge on any atom is -0.462 e. The Morgan fingerprint density at radius 2 is 2.00 bits per heavy atom. The van der Waals surface area contributed by atoms with Crippen molar-refractivity contribution in [2.24, 2.45) is 0 Å². The van der Waals surface area contributed by atoms with E-state index in [9.17, 15) is 9.59 Å². The van der Waals surface area contributed by atoms with Crippen molar-refractivity contribution in [1.29, 1.82) is 0 Å². The van der Waals surface area contributed by atoms with Crippen LogP contribution >= 0.6 is 0 Å². The molecule has 16 heavy (non-hydrogen) atoms. The molecule has 5 heteroatoms. The van der Waals surface area contributed by atoms with Crippen LogP contribution in [0.25, 0.3) is 0 Å². The Bertz CT molecular complexity index is 259. The van der Waals surface area contributed by atoms with E-state index >= 15 is 0 Å². The van der Waals surface area contributed by atoms with Crippen LogP contribution in [0.2, 0.25) is 0 Å². The van der Waals surface area contributed by atoms with Gasteiger partial charge in [0.05, 0.1) is 6.42 Å². The van der Waals surface area contributed by atoms with Gasteiger partial charge >= 0.3 is 11.9 Å². The molecule has 0 aromatic rings. The Morgan fingerprint density at radius 3 is 2.50 bits per heavy atom. The predicted octanol–water partition coefficient (Wildman–Crippen LogP) is 1.42. The summed E-state index contributed by atoms with van der Waals surface area (Å²) in [5, 5.41) is 0. The fourth-order valence-electron chi connectivity index (χ4n) is 0.863. The summed E-state index contributed by atoms with van der Waals surface area (Å²) >= 11 is 0. The first kappa shape index (κ1) is 14.6. The molecule has 92 valence electrons. The summed E-state index contributed by atoms with van der Waals surface area (Å²) in [6, 6.07) is 0. The standard InChI is InChI=1S/C11H18O5/c1-5-14-9(4)16-10(12)6-7-15-11(13)8(2)3/h9H,2,5-7H2,1,3-4H3. The Morgan fingerprint density at radius 1 is 1.38 bits per heavy atom. The molecule has 0 heterocycles. The molecule has 1 unspecified atom stereocenters. The largest absolute Gasteiger partial charge is 0.462 e. The first-order valence-electron chi connectivity index (χ1n) is 5.11. The first-order valence-corrected chi connectivity index (χ1v) is 5.11. The monoisotopic (exact) mass is 230 g/mol. The van der Waals surface area contributed by atoms with Crippen LogP contribution in [-0.2, 0) is 23.8 Å². The van der Waals surface area contributed by atoms with E-state index in [0.717, 1.165) is 0 Å². The minimum atomic E-state index is -0.575. The van der Waals surface area contributed by atoms with Crippen molar-refractivity contribution in [2.45, 2.75) is 33.5 Å². The van der Waals surface area contributed by atoms with E-state index < -0.39 is 18.2 Å². The third-order valence-electron chi connectivity index (χ3n) is 1.59. The van der Waals surface area contributed by atoms with Gasteiger partial charge in [-0.25, -0.2) is 4.79 Å². The Labute approximate surface area is 95.4 Å². The van der Waals surface area contributed by atoms with Crippen molar-refractivity contribution in [3.8, 4) is 0 Å². The van der Waals surface area contributed by atoms with Crippen LogP contribution in [0.4, 0.5) is 0 Å². The van der Waals surface area contributed by atoms with Gasteiger partial charge in [0.1, 0.15) is 6.61 Å². The summed E-state index contributed by atoms with van der Waals surface area (Å²) < 4.78 is 14.6. The smallest absolute Gasteiger partial charge is 0.333 e. The van der Waals surface area contributed by atoms with E-state index in [-0.39, 0.29) is 13.0 Å². The highest BCUT2D eigenvalue weighted by Gasteiger charge is 2.10. The predicted molar refractivity (Wildman–Crippen MR) is 57.6 cm³/mol. The molecule has 0 radical (unpaired) electrons. The molecular weight excluding hydrogens is 212 g/mol. The Kier molecular flexibility index (Phi) is 7.20. The number of rotatable bonds is 7. The molecule has 5 nitrogen and oxygen atoms in total. The van der Waals surface area contributed by atoms with E-state index in [0.29, 0.717) is 12.2 Å². The number of ether oxygens (including phenoxy) is 3. The summed E-state index contributed by atoms with van der Waals surface area (Å²) in [4.78, 5) is 22.1. The fourth-order valence-corrected chi connectivity index (χ4v) is 0.863. The number of hydrogen-bond donors (Lipinski definition) is 0. The van der Waals surface area contributed by atoms with Gasteiger partial charge in [-0.3, -0.25) is 4.79 Å². The summed E-state index contributed by atoms with van der Waals surface area (Å²) in [5.41, 5.74) is 0.302. The zero-order valence-electron chi connectivity index (χ0n) is 9.95. The van der Waals surface area contributed by atoms with Gasteiger partial charge < -0.3 is 14.2 Å². The average Bonchev–Trinajstić information content (AvgIpc) is 2.17. The second-order valence-corrected chi connectivity index (χ2v) is 3.18. The van der Waals surface area contributed by atoms with Crippen LogP contribution in [0.1, 0.15) is 27.2 Å². The molecule has 0 bridgehead atoms. The number of esters is 2. The van der Waals surface area contributed by atoms with Crippen LogP contribution in [0, 0.1) is 0 Å². The van der Waals surface area contributed by atoms with Gasteiger partial charge in [0.15, 0.2) is 6.29 Å². The van der Waals surface area contributed by atoms with E-state index in [2.05, 4.69) is 6.58 Å². The maximum absolute atomic E-state index is 11.2. The lowest BCUT2D eigenvalue weighted by molar-refractivity contribution is -0.174. The van der Waals surface area contributed by atoms with Crippen molar-refractivity contribution in [3.05, 3.63) is 12.2 Å². The molecule has 1 atom stereocenters. The second kappa shape index (κ2) is 7.87. The van der Waals surface area contributed by atoms with Gasteiger partial charge in [-0.15, -0.1) is 0 Å². The van der Waals surface area contributed by atoms with Crippen molar-refractivity contribution in [2.75, 3.05) is 13.2 Å². The lowest BCUT2D eigenvalue weighted by Gasteiger charge is -2.12. The lowest BCUT2D eigenvalue weighted by Crippen LogP contribution is -2.19. The Hall–Kier alpha value is -1.36.